The van der Waals surface area contributed by atoms with Gasteiger partial charge in [0, 0.05) is 32.0 Å². The van der Waals surface area contributed by atoms with Gasteiger partial charge in [-0.1, -0.05) is 13.3 Å². The van der Waals surface area contributed by atoms with Gasteiger partial charge in [-0.2, -0.15) is 0 Å². The molecule has 2 amide bonds. The molecule has 0 radical (unpaired) electrons. The number of aliphatic carboxylic acids is 1. The Hall–Kier alpha value is -1.71. The number of rotatable bonds is 6. The van der Waals surface area contributed by atoms with Crippen LogP contribution in [0.5, 0.6) is 0 Å². The Kier molecular flexibility index (Phi) is 7.58. The first kappa shape index (κ1) is 21.6. The van der Waals surface area contributed by atoms with Crippen molar-refractivity contribution in [3.05, 3.63) is 0 Å². The van der Waals surface area contributed by atoms with E-state index < -0.39 is 24.2 Å². The van der Waals surface area contributed by atoms with Gasteiger partial charge in [0.25, 0.3) is 0 Å². The third-order valence-electron chi connectivity index (χ3n) is 5.64. The number of carboxylic acid groups (broad SMARTS) is 1. The lowest BCUT2D eigenvalue weighted by Crippen LogP contribution is -2.58. The Morgan fingerprint density at radius 1 is 1.19 bits per heavy atom. The topological polar surface area (TPSA) is 151 Å². The summed E-state index contributed by atoms with van der Waals surface area (Å²) in [6.07, 6.45) is 2.87. The highest BCUT2D eigenvalue weighted by Crippen LogP contribution is 2.35. The van der Waals surface area contributed by atoms with E-state index in [2.05, 4.69) is 17.6 Å². The molecular formula is C18H33N5O4. The molecule has 1 saturated carbocycles. The van der Waals surface area contributed by atoms with E-state index in [9.17, 15) is 19.5 Å². The second kappa shape index (κ2) is 9.48. The second-order valence-electron chi connectivity index (χ2n) is 8.03. The molecule has 27 heavy (non-hydrogen) atoms. The molecule has 0 aromatic heterocycles. The average Bonchev–Trinajstić information content (AvgIpc) is 2.84. The van der Waals surface area contributed by atoms with Crippen molar-refractivity contribution in [3.63, 3.8) is 0 Å². The van der Waals surface area contributed by atoms with Crippen molar-refractivity contribution >= 4 is 17.8 Å². The molecule has 1 heterocycles. The van der Waals surface area contributed by atoms with Gasteiger partial charge in [-0.15, -0.1) is 0 Å². The molecule has 2 rings (SSSR count). The molecule has 9 heteroatoms. The zero-order chi connectivity index (χ0) is 20.1. The van der Waals surface area contributed by atoms with Crippen molar-refractivity contribution in [2.45, 2.75) is 64.3 Å². The molecule has 1 aliphatic carbocycles. The van der Waals surface area contributed by atoms with E-state index in [0.29, 0.717) is 31.8 Å². The molecule has 5 unspecified atom stereocenters. The van der Waals surface area contributed by atoms with E-state index in [1.54, 1.807) is 0 Å². The zero-order valence-corrected chi connectivity index (χ0v) is 16.2. The predicted octanol–water partition coefficient (Wildman–Crippen LogP) is -0.590. The van der Waals surface area contributed by atoms with Crippen molar-refractivity contribution in [3.8, 4) is 0 Å². The Morgan fingerprint density at radius 2 is 1.89 bits per heavy atom. The van der Waals surface area contributed by atoms with Crippen LogP contribution in [0.25, 0.3) is 0 Å². The minimum atomic E-state index is -0.910. The highest BCUT2D eigenvalue weighted by molar-refractivity contribution is 5.87. The lowest BCUT2D eigenvalue weighted by Gasteiger charge is -2.34. The van der Waals surface area contributed by atoms with Crippen LogP contribution in [-0.2, 0) is 14.4 Å². The largest absolute Gasteiger partial charge is 0.481 e. The van der Waals surface area contributed by atoms with E-state index in [0.717, 1.165) is 19.3 Å². The highest BCUT2D eigenvalue weighted by atomic mass is 16.4. The molecule has 2 aliphatic rings. The van der Waals surface area contributed by atoms with E-state index in [-0.39, 0.29) is 23.8 Å². The summed E-state index contributed by atoms with van der Waals surface area (Å²) in [5.74, 6) is -1.95. The Labute approximate surface area is 160 Å². The van der Waals surface area contributed by atoms with Crippen LogP contribution in [0.1, 0.15) is 46.0 Å². The first-order valence-corrected chi connectivity index (χ1v) is 9.75. The Bertz CT molecular complexity index is 556. The van der Waals surface area contributed by atoms with Crippen LogP contribution in [-0.4, -0.2) is 59.3 Å². The van der Waals surface area contributed by atoms with Gasteiger partial charge in [0.05, 0.1) is 5.92 Å². The molecule has 5 atom stereocenters. The molecule has 154 valence electrons. The van der Waals surface area contributed by atoms with Crippen molar-refractivity contribution in [2.24, 2.45) is 29.2 Å². The lowest BCUT2D eigenvalue weighted by molar-refractivity contribution is -0.142. The number of carbonyl (C=O) groups is 3. The summed E-state index contributed by atoms with van der Waals surface area (Å²) in [5, 5.41) is 15.2. The van der Waals surface area contributed by atoms with Crippen LogP contribution >= 0.6 is 0 Å². The Balaban J connectivity index is 2.24. The summed E-state index contributed by atoms with van der Waals surface area (Å²) >= 11 is 0. The van der Waals surface area contributed by atoms with Crippen molar-refractivity contribution in [2.75, 3.05) is 13.1 Å². The molecular weight excluding hydrogens is 350 g/mol. The van der Waals surface area contributed by atoms with Crippen molar-refractivity contribution in [1.82, 2.24) is 15.5 Å². The van der Waals surface area contributed by atoms with Gasteiger partial charge in [-0.05, 0) is 31.6 Å². The van der Waals surface area contributed by atoms with Crippen LogP contribution < -0.4 is 22.1 Å². The molecule has 7 N–H and O–H groups in total. The minimum absolute atomic E-state index is 0.146. The summed E-state index contributed by atoms with van der Waals surface area (Å²) in [4.78, 5) is 38.4. The molecule has 0 aromatic carbocycles. The predicted molar refractivity (Wildman–Crippen MR) is 100 cm³/mol. The maximum Gasteiger partial charge on any atom is 0.306 e. The lowest BCUT2D eigenvalue weighted by atomic mass is 9.92. The first-order chi connectivity index (χ1) is 12.7. The summed E-state index contributed by atoms with van der Waals surface area (Å²) in [7, 11) is 0. The molecule has 0 bridgehead atoms. The summed E-state index contributed by atoms with van der Waals surface area (Å²) < 4.78 is 0. The summed E-state index contributed by atoms with van der Waals surface area (Å²) in [5.41, 5.74) is 11.3. The standard InChI is InChI=1S/C18H33N5O4/c1-10-5-3-4-6-23(9-10)16(25)15(21-11(2)24)13-7-12(17(26)27)8-14(13)22-18(19)20/h10,12-15,18,22H,3-9,19-20H2,1-2H3,(H,21,24)(H,26,27). The van der Waals surface area contributed by atoms with Crippen LogP contribution in [0.15, 0.2) is 0 Å². The smallest absolute Gasteiger partial charge is 0.306 e. The number of hydrogen-bond donors (Lipinski definition) is 5. The molecule has 0 spiro atoms. The van der Waals surface area contributed by atoms with Gasteiger partial charge in [0.1, 0.15) is 12.3 Å². The number of hydrogen-bond acceptors (Lipinski definition) is 6. The van der Waals surface area contributed by atoms with Gasteiger partial charge in [0.2, 0.25) is 11.8 Å². The fraction of sp³-hybridized carbons (Fsp3) is 0.833. The number of likely N-dealkylation sites (tertiary alicyclic amines) is 1. The normalized spacial score (nSPS) is 30.0. The number of nitrogens with zero attached hydrogens (tertiary/aromatic N) is 1. The van der Waals surface area contributed by atoms with Crippen LogP contribution in [0.2, 0.25) is 0 Å². The molecule has 1 aliphatic heterocycles. The second-order valence-corrected chi connectivity index (χ2v) is 8.03. The van der Waals surface area contributed by atoms with Crippen molar-refractivity contribution < 1.29 is 19.5 Å². The quantitative estimate of drug-likeness (QED) is 0.385. The number of nitrogens with one attached hydrogen (secondary N) is 2. The number of carboxylic acids is 1. The van der Waals surface area contributed by atoms with Gasteiger partial charge in [-0.3, -0.25) is 19.7 Å². The van der Waals surface area contributed by atoms with Crippen molar-refractivity contribution in [1.29, 1.82) is 0 Å². The Morgan fingerprint density at radius 3 is 2.48 bits per heavy atom. The third kappa shape index (κ3) is 5.88. The van der Waals surface area contributed by atoms with Gasteiger partial charge >= 0.3 is 5.97 Å². The number of nitrogens with two attached hydrogens (primary N) is 2. The molecule has 2 fully saturated rings. The zero-order valence-electron chi connectivity index (χ0n) is 16.2. The van der Waals surface area contributed by atoms with E-state index in [4.69, 9.17) is 11.5 Å². The summed E-state index contributed by atoms with van der Waals surface area (Å²) in [6, 6.07) is -1.13. The SMILES string of the molecule is CC(=O)NC(C(=O)N1CCCCC(C)C1)C1CC(C(=O)O)CC1NC(N)N. The minimum Gasteiger partial charge on any atom is -0.481 e. The molecule has 0 aromatic rings. The van der Waals surface area contributed by atoms with Gasteiger partial charge < -0.3 is 26.8 Å². The van der Waals surface area contributed by atoms with E-state index in [1.165, 1.54) is 6.92 Å². The maximum atomic E-state index is 13.3. The van der Waals surface area contributed by atoms with Crippen LogP contribution in [0, 0.1) is 17.8 Å². The fourth-order valence-corrected chi connectivity index (χ4v) is 4.40. The number of carbonyl (C=O) groups excluding carboxylic acids is 2. The fourth-order valence-electron chi connectivity index (χ4n) is 4.40. The highest BCUT2D eigenvalue weighted by Gasteiger charge is 2.45. The van der Waals surface area contributed by atoms with E-state index >= 15 is 0 Å². The summed E-state index contributed by atoms with van der Waals surface area (Å²) in [6.45, 7) is 4.79. The van der Waals surface area contributed by atoms with Gasteiger partial charge in [-0.25, -0.2) is 0 Å². The number of amides is 2. The molecule has 1 saturated heterocycles. The maximum absolute atomic E-state index is 13.3. The third-order valence-corrected chi connectivity index (χ3v) is 5.64. The van der Waals surface area contributed by atoms with Gasteiger partial charge in [0.15, 0.2) is 0 Å². The first-order valence-electron chi connectivity index (χ1n) is 9.75. The average molecular weight is 383 g/mol. The van der Waals surface area contributed by atoms with Crippen LogP contribution in [0.3, 0.4) is 0 Å². The van der Waals surface area contributed by atoms with E-state index in [1.807, 2.05) is 4.90 Å². The van der Waals surface area contributed by atoms with Crippen LogP contribution in [0.4, 0.5) is 0 Å². The molecule has 9 nitrogen and oxygen atoms in total. The monoisotopic (exact) mass is 383 g/mol.